The highest BCUT2D eigenvalue weighted by Crippen LogP contribution is 2.31. The molecule has 4 nitrogen and oxygen atoms in total. The fourth-order valence-electron chi connectivity index (χ4n) is 1.90. The fourth-order valence-corrected chi connectivity index (χ4v) is 1.90. The first kappa shape index (κ1) is 16.1. The van der Waals surface area contributed by atoms with Gasteiger partial charge in [-0.15, -0.1) is 0 Å². The highest BCUT2D eigenvalue weighted by Gasteiger charge is 2.31. The van der Waals surface area contributed by atoms with Crippen molar-refractivity contribution in [3.05, 3.63) is 47.3 Å². The number of aromatic nitrogens is 2. The molecule has 0 aliphatic carbocycles. The van der Waals surface area contributed by atoms with Crippen LogP contribution in [0.1, 0.15) is 42.5 Å². The molecular formula is C15H14F3N2O2-. The smallest absolute Gasteiger partial charge is 0.416 e. The van der Waals surface area contributed by atoms with Crippen LogP contribution in [-0.2, 0) is 11.6 Å². The highest BCUT2D eigenvalue weighted by atomic mass is 19.4. The van der Waals surface area contributed by atoms with Crippen LogP contribution in [0.2, 0.25) is 0 Å². The monoisotopic (exact) mass is 311 g/mol. The van der Waals surface area contributed by atoms with E-state index in [0.717, 1.165) is 16.8 Å². The molecule has 0 bridgehead atoms. The Balaban J connectivity index is 2.62. The van der Waals surface area contributed by atoms with Gasteiger partial charge in [-0.05, 0) is 24.3 Å². The van der Waals surface area contributed by atoms with Gasteiger partial charge in [0.05, 0.1) is 28.6 Å². The van der Waals surface area contributed by atoms with Crippen molar-refractivity contribution in [2.75, 3.05) is 0 Å². The van der Waals surface area contributed by atoms with Crippen molar-refractivity contribution in [2.45, 2.75) is 32.4 Å². The number of halogens is 3. The van der Waals surface area contributed by atoms with Crippen LogP contribution in [0.25, 0.3) is 5.69 Å². The Hall–Kier alpha value is -2.31. The van der Waals surface area contributed by atoms with E-state index in [1.54, 1.807) is 0 Å². The van der Waals surface area contributed by atoms with Crippen LogP contribution in [0.15, 0.2) is 30.3 Å². The number of aromatic carboxylic acids is 1. The second-order valence-electron chi connectivity index (χ2n) is 5.91. The molecule has 1 aromatic heterocycles. The third-order valence-corrected chi connectivity index (χ3v) is 3.10. The Labute approximate surface area is 125 Å². The van der Waals surface area contributed by atoms with Crippen molar-refractivity contribution in [1.29, 1.82) is 0 Å². The van der Waals surface area contributed by atoms with Gasteiger partial charge in [-0.25, -0.2) is 4.68 Å². The largest absolute Gasteiger partial charge is 0.543 e. The lowest BCUT2D eigenvalue weighted by Crippen LogP contribution is -2.25. The van der Waals surface area contributed by atoms with Crippen LogP contribution in [0.3, 0.4) is 0 Å². The Bertz CT molecular complexity index is 712. The van der Waals surface area contributed by atoms with Gasteiger partial charge in [-0.2, -0.15) is 18.3 Å². The van der Waals surface area contributed by atoms with Gasteiger partial charge < -0.3 is 9.90 Å². The first-order valence-corrected chi connectivity index (χ1v) is 6.49. The minimum atomic E-state index is -4.52. The van der Waals surface area contributed by atoms with E-state index in [9.17, 15) is 23.1 Å². The van der Waals surface area contributed by atoms with Crippen LogP contribution in [0.4, 0.5) is 13.2 Å². The molecule has 0 saturated heterocycles. The zero-order valence-corrected chi connectivity index (χ0v) is 12.2. The molecule has 1 heterocycles. The van der Waals surface area contributed by atoms with E-state index in [1.165, 1.54) is 18.2 Å². The van der Waals surface area contributed by atoms with Gasteiger partial charge in [0.1, 0.15) is 0 Å². The standard InChI is InChI=1S/C15H15F3N2O2/c1-14(2,3)12-8-11(13(21)22)20(19-12)10-6-4-5-9(7-10)15(16,17)18/h4-8H,1-3H3,(H,21,22)/p-1. The summed E-state index contributed by atoms with van der Waals surface area (Å²) < 4.78 is 39.3. The average Bonchev–Trinajstić information content (AvgIpc) is 2.83. The molecule has 0 aliphatic heterocycles. The lowest BCUT2D eigenvalue weighted by molar-refractivity contribution is -0.255. The number of alkyl halides is 3. The van der Waals surface area contributed by atoms with Gasteiger partial charge in [0.15, 0.2) is 0 Å². The Morgan fingerprint density at radius 1 is 1.18 bits per heavy atom. The van der Waals surface area contributed by atoms with Crippen molar-refractivity contribution in [3.8, 4) is 5.69 Å². The highest BCUT2D eigenvalue weighted by molar-refractivity contribution is 5.84. The van der Waals surface area contributed by atoms with Crippen molar-refractivity contribution in [2.24, 2.45) is 0 Å². The molecule has 0 amide bonds. The van der Waals surface area contributed by atoms with Gasteiger partial charge in [-0.1, -0.05) is 26.8 Å². The topological polar surface area (TPSA) is 57.9 Å². The number of hydrogen-bond donors (Lipinski definition) is 0. The van der Waals surface area contributed by atoms with Gasteiger partial charge >= 0.3 is 6.18 Å². The Morgan fingerprint density at radius 2 is 1.82 bits per heavy atom. The predicted molar refractivity (Wildman–Crippen MR) is 71.6 cm³/mol. The molecule has 0 radical (unpaired) electrons. The first-order valence-electron chi connectivity index (χ1n) is 6.49. The quantitative estimate of drug-likeness (QED) is 0.856. The zero-order valence-electron chi connectivity index (χ0n) is 12.2. The summed E-state index contributed by atoms with van der Waals surface area (Å²) in [7, 11) is 0. The molecule has 7 heteroatoms. The van der Waals surface area contributed by atoms with Crippen molar-refractivity contribution >= 4 is 5.97 Å². The lowest BCUT2D eigenvalue weighted by Gasteiger charge is -2.14. The van der Waals surface area contributed by atoms with E-state index in [1.807, 2.05) is 20.8 Å². The maximum atomic E-state index is 12.8. The van der Waals surface area contributed by atoms with E-state index in [4.69, 9.17) is 0 Å². The number of hydrogen-bond acceptors (Lipinski definition) is 3. The molecule has 2 rings (SSSR count). The molecule has 0 fully saturated rings. The van der Waals surface area contributed by atoms with Gasteiger partial charge in [0.2, 0.25) is 0 Å². The molecule has 0 N–H and O–H groups in total. The van der Waals surface area contributed by atoms with Crippen molar-refractivity contribution in [3.63, 3.8) is 0 Å². The van der Waals surface area contributed by atoms with Crippen LogP contribution < -0.4 is 5.11 Å². The molecule has 0 saturated carbocycles. The van der Waals surface area contributed by atoms with E-state index in [2.05, 4.69) is 5.10 Å². The summed E-state index contributed by atoms with van der Waals surface area (Å²) in [5.74, 6) is -1.50. The summed E-state index contributed by atoms with van der Waals surface area (Å²) in [6.07, 6.45) is -4.52. The van der Waals surface area contributed by atoms with Crippen LogP contribution in [0.5, 0.6) is 0 Å². The minimum Gasteiger partial charge on any atom is -0.543 e. The van der Waals surface area contributed by atoms with Crippen LogP contribution >= 0.6 is 0 Å². The van der Waals surface area contributed by atoms with Crippen LogP contribution in [0, 0.1) is 0 Å². The summed E-state index contributed by atoms with van der Waals surface area (Å²) in [4.78, 5) is 11.2. The molecule has 0 unspecified atom stereocenters. The summed E-state index contributed by atoms with van der Waals surface area (Å²) in [6.45, 7) is 5.47. The molecule has 2 aromatic rings. The van der Waals surface area contributed by atoms with E-state index in [-0.39, 0.29) is 11.4 Å². The van der Waals surface area contributed by atoms with E-state index < -0.39 is 23.1 Å². The zero-order chi connectivity index (χ0) is 16.7. The van der Waals surface area contributed by atoms with Crippen molar-refractivity contribution in [1.82, 2.24) is 9.78 Å². The number of carboxylic acids is 1. The maximum Gasteiger partial charge on any atom is 0.416 e. The van der Waals surface area contributed by atoms with Gasteiger partial charge in [-0.3, -0.25) is 0 Å². The normalized spacial score (nSPS) is 12.5. The molecule has 118 valence electrons. The minimum absolute atomic E-state index is 0.0181. The first-order chi connectivity index (χ1) is 10.00. The van der Waals surface area contributed by atoms with Gasteiger partial charge in [0, 0.05) is 5.41 Å². The number of carboxylic acid groups (broad SMARTS) is 1. The summed E-state index contributed by atoms with van der Waals surface area (Å²) in [6, 6.07) is 5.65. The molecule has 0 aliphatic rings. The Morgan fingerprint density at radius 3 is 2.32 bits per heavy atom. The molecule has 1 aromatic carbocycles. The lowest BCUT2D eigenvalue weighted by atomic mass is 9.92. The van der Waals surface area contributed by atoms with Crippen molar-refractivity contribution < 1.29 is 23.1 Å². The SMILES string of the molecule is CC(C)(C)c1cc(C(=O)[O-])n(-c2cccc(C(F)(F)F)c2)n1. The second kappa shape index (κ2) is 5.15. The molecular weight excluding hydrogens is 297 g/mol. The summed E-state index contributed by atoms with van der Waals surface area (Å²) in [5.41, 5.74) is -1.14. The summed E-state index contributed by atoms with van der Waals surface area (Å²) >= 11 is 0. The van der Waals surface area contributed by atoms with Gasteiger partial charge in [0.25, 0.3) is 0 Å². The van der Waals surface area contributed by atoms with E-state index in [0.29, 0.717) is 5.69 Å². The van der Waals surface area contributed by atoms with Crippen LogP contribution in [-0.4, -0.2) is 15.7 Å². The Kier molecular flexibility index (Phi) is 3.76. The number of carbonyl (C=O) groups is 1. The molecule has 0 atom stereocenters. The molecule has 0 spiro atoms. The fraction of sp³-hybridized carbons (Fsp3) is 0.333. The third kappa shape index (κ3) is 3.13. The predicted octanol–water partition coefficient (Wildman–Crippen LogP) is 2.55. The maximum absolute atomic E-state index is 12.8. The number of nitrogens with zero attached hydrogens (tertiary/aromatic N) is 2. The summed E-state index contributed by atoms with van der Waals surface area (Å²) in [5, 5.41) is 15.3. The number of carbonyl (C=O) groups excluding carboxylic acids is 1. The third-order valence-electron chi connectivity index (χ3n) is 3.10. The number of benzene rings is 1. The van der Waals surface area contributed by atoms with E-state index >= 15 is 0 Å². The average molecular weight is 311 g/mol. The second-order valence-corrected chi connectivity index (χ2v) is 5.91. The molecule has 22 heavy (non-hydrogen) atoms. The number of rotatable bonds is 2.